The van der Waals surface area contributed by atoms with Gasteiger partial charge in [0.05, 0.1) is 7.11 Å². The summed E-state index contributed by atoms with van der Waals surface area (Å²) in [6, 6.07) is 5.90. The molecule has 0 bridgehead atoms. The smallest absolute Gasteiger partial charge is 0.328 e. The van der Waals surface area contributed by atoms with E-state index in [2.05, 4.69) is 12.2 Å². The number of amides is 1. The number of rotatable bonds is 16. The van der Waals surface area contributed by atoms with Crippen LogP contribution >= 0.6 is 0 Å². The molecule has 0 aromatic heterocycles. The minimum atomic E-state index is -0.704. The maximum atomic E-state index is 12.2. The van der Waals surface area contributed by atoms with Gasteiger partial charge in [0.2, 0.25) is 5.91 Å². The van der Waals surface area contributed by atoms with Crippen molar-refractivity contribution < 1.29 is 19.4 Å². The highest BCUT2D eigenvalue weighted by Gasteiger charge is 2.21. The van der Waals surface area contributed by atoms with Crippen LogP contribution in [0.4, 0.5) is 0 Å². The topological polar surface area (TPSA) is 75.6 Å². The largest absolute Gasteiger partial charge is 0.508 e. The molecule has 0 saturated carbocycles. The van der Waals surface area contributed by atoms with E-state index in [-0.39, 0.29) is 11.7 Å². The van der Waals surface area contributed by atoms with Crippen LogP contribution in [-0.4, -0.2) is 30.1 Å². The molecule has 0 aliphatic carbocycles. The number of phenolic OH excluding ortho intramolecular Hbond substituents is 1. The molecule has 0 fully saturated rings. The minimum absolute atomic E-state index is 0.116. The van der Waals surface area contributed by atoms with Crippen LogP contribution in [-0.2, 0) is 20.7 Å². The summed E-state index contributed by atoms with van der Waals surface area (Å²) in [5, 5.41) is 12.2. The molecule has 0 aliphatic heterocycles. The van der Waals surface area contributed by atoms with Gasteiger partial charge >= 0.3 is 5.97 Å². The van der Waals surface area contributed by atoms with Gasteiger partial charge in [0.15, 0.2) is 0 Å². The van der Waals surface area contributed by atoms with Gasteiger partial charge in [-0.1, -0.05) is 83.3 Å². The molecule has 5 heteroatoms. The normalized spacial score (nSPS) is 11.8. The van der Waals surface area contributed by atoms with Crippen molar-refractivity contribution >= 4 is 11.9 Å². The molecule has 1 atom stereocenters. The molecule has 1 amide bonds. The Bertz CT molecular complexity index is 571. The van der Waals surface area contributed by atoms with E-state index in [9.17, 15) is 14.7 Å². The lowest BCUT2D eigenvalue weighted by Gasteiger charge is -2.16. The second-order valence-electron chi connectivity index (χ2n) is 7.80. The summed E-state index contributed by atoms with van der Waals surface area (Å²) in [7, 11) is 1.32. The third-order valence-corrected chi connectivity index (χ3v) is 5.20. The number of benzene rings is 1. The lowest BCUT2D eigenvalue weighted by atomic mass is 10.0. The second-order valence-corrected chi connectivity index (χ2v) is 7.80. The van der Waals surface area contributed by atoms with Crippen LogP contribution in [0.15, 0.2) is 24.3 Å². The lowest BCUT2D eigenvalue weighted by Crippen LogP contribution is -2.43. The molecule has 1 rings (SSSR count). The summed E-state index contributed by atoms with van der Waals surface area (Å²) in [6.45, 7) is 2.24. The van der Waals surface area contributed by atoms with Crippen molar-refractivity contribution in [2.75, 3.05) is 7.11 Å². The number of esters is 1. The SMILES string of the molecule is CCCCCCCCCCCCCC(=O)N[C@@H](Cc1ccc(O)cc1)C(=O)OC. The highest BCUT2D eigenvalue weighted by Crippen LogP contribution is 2.13. The first kappa shape index (κ1) is 25.0. The second kappa shape index (κ2) is 15.8. The van der Waals surface area contributed by atoms with Crippen molar-refractivity contribution in [2.45, 2.75) is 96.4 Å². The molecule has 0 spiro atoms. The maximum absolute atomic E-state index is 12.2. The Morgan fingerprint density at radius 3 is 1.93 bits per heavy atom. The van der Waals surface area contributed by atoms with Gasteiger partial charge in [0.25, 0.3) is 0 Å². The van der Waals surface area contributed by atoms with E-state index in [0.717, 1.165) is 24.8 Å². The van der Waals surface area contributed by atoms with Crippen LogP contribution in [0.25, 0.3) is 0 Å². The monoisotopic (exact) mass is 405 g/mol. The molecular formula is C24H39NO4. The predicted octanol–water partition coefficient (Wildman–Crippen LogP) is 5.29. The van der Waals surface area contributed by atoms with Gasteiger partial charge < -0.3 is 15.2 Å². The zero-order chi connectivity index (χ0) is 21.3. The Morgan fingerprint density at radius 2 is 1.41 bits per heavy atom. The molecule has 0 saturated heterocycles. The highest BCUT2D eigenvalue weighted by molar-refractivity contribution is 5.84. The molecule has 0 radical (unpaired) electrons. The van der Waals surface area contributed by atoms with Gasteiger partial charge in [-0.15, -0.1) is 0 Å². The molecule has 164 valence electrons. The number of phenols is 1. The molecule has 2 N–H and O–H groups in total. The van der Waals surface area contributed by atoms with Crippen LogP contribution in [0, 0.1) is 0 Å². The molecule has 0 aliphatic rings. The first-order chi connectivity index (χ1) is 14.1. The number of aromatic hydroxyl groups is 1. The Balaban J connectivity index is 2.18. The third-order valence-electron chi connectivity index (χ3n) is 5.20. The number of hydrogen-bond donors (Lipinski definition) is 2. The lowest BCUT2D eigenvalue weighted by molar-refractivity contribution is -0.145. The average molecular weight is 406 g/mol. The highest BCUT2D eigenvalue weighted by atomic mass is 16.5. The van der Waals surface area contributed by atoms with Crippen LogP contribution < -0.4 is 5.32 Å². The fourth-order valence-corrected chi connectivity index (χ4v) is 3.42. The quantitative estimate of drug-likeness (QED) is 0.289. The van der Waals surface area contributed by atoms with Gasteiger partial charge in [-0.2, -0.15) is 0 Å². The van der Waals surface area contributed by atoms with Crippen LogP contribution in [0.3, 0.4) is 0 Å². The molecule has 29 heavy (non-hydrogen) atoms. The van der Waals surface area contributed by atoms with Crippen LogP contribution in [0.1, 0.15) is 89.5 Å². The van der Waals surface area contributed by atoms with E-state index in [1.807, 2.05) is 0 Å². The van der Waals surface area contributed by atoms with Crippen molar-refractivity contribution in [1.29, 1.82) is 0 Å². The number of methoxy groups -OCH3 is 1. The Hall–Kier alpha value is -2.04. The number of hydrogen-bond acceptors (Lipinski definition) is 4. The average Bonchev–Trinajstić information content (AvgIpc) is 2.72. The Morgan fingerprint density at radius 1 is 0.897 bits per heavy atom. The van der Waals surface area contributed by atoms with E-state index in [4.69, 9.17) is 4.74 Å². The molecule has 0 heterocycles. The van der Waals surface area contributed by atoms with Crippen molar-refractivity contribution in [2.24, 2.45) is 0 Å². The molecule has 0 unspecified atom stereocenters. The van der Waals surface area contributed by atoms with Gasteiger partial charge in [0.1, 0.15) is 11.8 Å². The zero-order valence-corrected chi connectivity index (χ0v) is 18.3. The van der Waals surface area contributed by atoms with Gasteiger partial charge in [-0.3, -0.25) is 4.79 Å². The standard InChI is InChI=1S/C24H39NO4/c1-3-4-5-6-7-8-9-10-11-12-13-14-23(27)25-22(24(28)29-2)19-20-15-17-21(26)18-16-20/h15-18,22,26H,3-14,19H2,1-2H3,(H,25,27)/t22-/m0/s1. The molecule has 5 nitrogen and oxygen atoms in total. The van der Waals surface area contributed by atoms with E-state index in [1.165, 1.54) is 58.5 Å². The zero-order valence-electron chi connectivity index (χ0n) is 18.3. The van der Waals surface area contributed by atoms with E-state index < -0.39 is 12.0 Å². The summed E-state index contributed by atoms with van der Waals surface area (Å²) in [4.78, 5) is 24.2. The van der Waals surface area contributed by atoms with Crippen molar-refractivity contribution in [3.63, 3.8) is 0 Å². The van der Waals surface area contributed by atoms with Gasteiger partial charge in [-0.25, -0.2) is 4.79 Å². The maximum Gasteiger partial charge on any atom is 0.328 e. The van der Waals surface area contributed by atoms with Crippen LogP contribution in [0.5, 0.6) is 5.75 Å². The minimum Gasteiger partial charge on any atom is -0.508 e. The van der Waals surface area contributed by atoms with E-state index in [1.54, 1.807) is 24.3 Å². The van der Waals surface area contributed by atoms with E-state index >= 15 is 0 Å². The van der Waals surface area contributed by atoms with E-state index in [0.29, 0.717) is 12.8 Å². The fourth-order valence-electron chi connectivity index (χ4n) is 3.42. The summed E-state index contributed by atoms with van der Waals surface area (Å²) < 4.78 is 4.82. The number of carbonyl (C=O) groups is 2. The molecule has 1 aromatic carbocycles. The van der Waals surface area contributed by atoms with Crippen molar-refractivity contribution in [3.8, 4) is 5.75 Å². The summed E-state index contributed by atoms with van der Waals surface area (Å²) in [6.07, 6.45) is 14.4. The number of ether oxygens (including phenoxy) is 1. The van der Waals surface area contributed by atoms with Gasteiger partial charge in [-0.05, 0) is 24.1 Å². The number of nitrogens with one attached hydrogen (secondary N) is 1. The first-order valence-corrected chi connectivity index (χ1v) is 11.2. The fraction of sp³-hybridized carbons (Fsp3) is 0.667. The Kier molecular flexibility index (Phi) is 13.6. The number of unbranched alkanes of at least 4 members (excludes halogenated alkanes) is 10. The summed E-state index contributed by atoms with van der Waals surface area (Å²) >= 11 is 0. The van der Waals surface area contributed by atoms with Crippen molar-refractivity contribution in [1.82, 2.24) is 5.32 Å². The third kappa shape index (κ3) is 12.2. The first-order valence-electron chi connectivity index (χ1n) is 11.2. The predicted molar refractivity (Wildman–Crippen MR) is 117 cm³/mol. The van der Waals surface area contributed by atoms with Crippen LogP contribution in [0.2, 0.25) is 0 Å². The molecular weight excluding hydrogens is 366 g/mol. The van der Waals surface area contributed by atoms with Gasteiger partial charge in [0, 0.05) is 12.8 Å². The summed E-state index contributed by atoms with van der Waals surface area (Å²) in [5.41, 5.74) is 0.855. The summed E-state index contributed by atoms with van der Waals surface area (Å²) in [5.74, 6) is -0.399. The molecule has 1 aromatic rings. The number of carbonyl (C=O) groups excluding carboxylic acids is 2. The Labute approximate surface area is 176 Å². The van der Waals surface area contributed by atoms with Crippen molar-refractivity contribution in [3.05, 3.63) is 29.8 Å².